The van der Waals surface area contributed by atoms with E-state index in [2.05, 4.69) is 5.32 Å². The fourth-order valence-corrected chi connectivity index (χ4v) is 4.73. The molecule has 0 saturated carbocycles. The van der Waals surface area contributed by atoms with Gasteiger partial charge in [-0.05, 0) is 86.0 Å². The highest BCUT2D eigenvalue weighted by Gasteiger charge is 2.27. The Morgan fingerprint density at radius 2 is 1.64 bits per heavy atom. The van der Waals surface area contributed by atoms with Gasteiger partial charge in [-0.1, -0.05) is 29.8 Å². The van der Waals surface area contributed by atoms with E-state index in [1.54, 1.807) is 12.1 Å². The summed E-state index contributed by atoms with van der Waals surface area (Å²) in [7, 11) is -3.99. The van der Waals surface area contributed by atoms with Gasteiger partial charge in [0.1, 0.15) is 12.3 Å². The van der Waals surface area contributed by atoms with Crippen molar-refractivity contribution in [3.8, 4) is 5.75 Å². The lowest BCUT2D eigenvalue weighted by Gasteiger charge is -2.25. The molecule has 0 spiro atoms. The maximum Gasteiger partial charge on any atom is 0.264 e. The molecular formula is C25H27ClN2O4S. The number of nitrogens with one attached hydrogen (secondary N) is 1. The van der Waals surface area contributed by atoms with Crippen LogP contribution in [-0.4, -0.2) is 27.5 Å². The van der Waals surface area contributed by atoms with Crippen LogP contribution < -0.4 is 14.4 Å². The van der Waals surface area contributed by atoms with Crippen LogP contribution in [0.3, 0.4) is 0 Å². The Morgan fingerprint density at radius 1 is 0.970 bits per heavy atom. The summed E-state index contributed by atoms with van der Waals surface area (Å²) in [5, 5.41) is 3.23. The minimum atomic E-state index is -3.99. The van der Waals surface area contributed by atoms with Crippen molar-refractivity contribution in [2.45, 2.75) is 32.2 Å². The Hall–Kier alpha value is -3.03. The molecule has 33 heavy (non-hydrogen) atoms. The first-order valence-electron chi connectivity index (χ1n) is 10.5. The summed E-state index contributed by atoms with van der Waals surface area (Å²) in [6, 6.07) is 18.6. The third kappa shape index (κ3) is 6.27. The molecule has 0 saturated heterocycles. The number of carbonyl (C=O) groups is 1. The standard InChI is InChI=1S/C25H27ClN2O4S/c1-4-32-23-11-6-20(7-12-23)16-27-25(29)17-28(22-10-5-18(2)19(3)15-22)33(30,31)24-13-8-21(26)9-14-24/h5-15H,4,16-17H2,1-3H3,(H,27,29). The number of carbonyl (C=O) groups excluding carboxylic acids is 1. The number of hydrogen-bond acceptors (Lipinski definition) is 4. The molecule has 0 bridgehead atoms. The molecule has 0 unspecified atom stereocenters. The maximum atomic E-state index is 13.4. The monoisotopic (exact) mass is 486 g/mol. The number of hydrogen-bond donors (Lipinski definition) is 1. The lowest BCUT2D eigenvalue weighted by atomic mass is 10.1. The van der Waals surface area contributed by atoms with E-state index in [9.17, 15) is 13.2 Å². The molecule has 0 aromatic heterocycles. The molecule has 6 nitrogen and oxygen atoms in total. The summed E-state index contributed by atoms with van der Waals surface area (Å²) in [6.45, 7) is 6.25. The van der Waals surface area contributed by atoms with E-state index in [0.717, 1.165) is 26.7 Å². The van der Waals surface area contributed by atoms with E-state index >= 15 is 0 Å². The fourth-order valence-electron chi connectivity index (χ4n) is 3.19. The zero-order chi connectivity index (χ0) is 24.0. The number of halogens is 1. The van der Waals surface area contributed by atoms with Crippen molar-refractivity contribution in [3.63, 3.8) is 0 Å². The zero-order valence-electron chi connectivity index (χ0n) is 18.8. The first-order chi connectivity index (χ1) is 15.7. The third-order valence-corrected chi connectivity index (χ3v) is 7.23. The Balaban J connectivity index is 1.82. The Labute approximate surface area is 200 Å². The van der Waals surface area contributed by atoms with E-state index in [1.165, 1.54) is 24.3 Å². The van der Waals surface area contributed by atoms with E-state index in [1.807, 2.05) is 51.1 Å². The van der Waals surface area contributed by atoms with Gasteiger partial charge in [0.2, 0.25) is 5.91 Å². The SMILES string of the molecule is CCOc1ccc(CNC(=O)CN(c2ccc(C)c(C)c2)S(=O)(=O)c2ccc(Cl)cc2)cc1. The zero-order valence-corrected chi connectivity index (χ0v) is 20.4. The quantitative estimate of drug-likeness (QED) is 0.468. The first kappa shape index (κ1) is 24.6. The molecule has 0 aliphatic carbocycles. The molecule has 3 aromatic carbocycles. The van der Waals surface area contributed by atoms with Gasteiger partial charge in [-0.2, -0.15) is 0 Å². The first-order valence-corrected chi connectivity index (χ1v) is 12.4. The number of amides is 1. The molecule has 0 atom stereocenters. The van der Waals surface area contributed by atoms with Crippen molar-refractivity contribution in [2.24, 2.45) is 0 Å². The Bertz CT molecular complexity index is 1210. The number of benzene rings is 3. The van der Waals surface area contributed by atoms with Gasteiger partial charge in [-0.3, -0.25) is 9.10 Å². The summed E-state index contributed by atoms with van der Waals surface area (Å²) in [4.78, 5) is 12.9. The smallest absolute Gasteiger partial charge is 0.264 e. The summed E-state index contributed by atoms with van der Waals surface area (Å²) >= 11 is 5.93. The van der Waals surface area contributed by atoms with Crippen LogP contribution in [0.15, 0.2) is 71.6 Å². The van der Waals surface area contributed by atoms with Crippen LogP contribution in [0, 0.1) is 13.8 Å². The van der Waals surface area contributed by atoms with Crippen molar-refractivity contribution >= 4 is 33.2 Å². The van der Waals surface area contributed by atoms with E-state index < -0.39 is 15.9 Å². The predicted molar refractivity (Wildman–Crippen MR) is 131 cm³/mol. The van der Waals surface area contributed by atoms with Gasteiger partial charge in [0, 0.05) is 11.6 Å². The minimum absolute atomic E-state index is 0.0597. The minimum Gasteiger partial charge on any atom is -0.494 e. The molecular weight excluding hydrogens is 460 g/mol. The van der Waals surface area contributed by atoms with Gasteiger partial charge in [0.05, 0.1) is 17.2 Å². The Kier molecular flexibility index (Phi) is 8.00. The molecule has 0 heterocycles. The molecule has 0 aliphatic heterocycles. The second-order valence-corrected chi connectivity index (χ2v) is 9.89. The van der Waals surface area contributed by atoms with Crippen LogP contribution in [-0.2, 0) is 21.4 Å². The average molecular weight is 487 g/mol. The highest BCUT2D eigenvalue weighted by molar-refractivity contribution is 7.92. The summed E-state index contributed by atoms with van der Waals surface area (Å²) in [5.41, 5.74) is 3.26. The number of nitrogens with zero attached hydrogens (tertiary/aromatic N) is 1. The van der Waals surface area contributed by atoms with E-state index in [4.69, 9.17) is 16.3 Å². The molecule has 1 amide bonds. The number of sulfonamides is 1. The van der Waals surface area contributed by atoms with Crippen LogP contribution in [0.25, 0.3) is 0 Å². The summed E-state index contributed by atoms with van der Waals surface area (Å²) in [6.07, 6.45) is 0. The lowest BCUT2D eigenvalue weighted by molar-refractivity contribution is -0.119. The highest BCUT2D eigenvalue weighted by Crippen LogP contribution is 2.26. The molecule has 8 heteroatoms. The Morgan fingerprint density at radius 3 is 2.24 bits per heavy atom. The number of ether oxygens (including phenoxy) is 1. The topological polar surface area (TPSA) is 75.7 Å². The molecule has 0 radical (unpaired) electrons. The lowest BCUT2D eigenvalue weighted by Crippen LogP contribution is -2.40. The van der Waals surface area contributed by atoms with Gasteiger partial charge >= 0.3 is 0 Å². The molecule has 0 fully saturated rings. The van der Waals surface area contributed by atoms with Gasteiger partial charge < -0.3 is 10.1 Å². The predicted octanol–water partition coefficient (Wildman–Crippen LogP) is 4.87. The van der Waals surface area contributed by atoms with Crippen molar-refractivity contribution in [3.05, 3.63) is 88.4 Å². The van der Waals surface area contributed by atoms with Crippen molar-refractivity contribution in [1.29, 1.82) is 0 Å². The van der Waals surface area contributed by atoms with Crippen molar-refractivity contribution in [2.75, 3.05) is 17.5 Å². The molecule has 1 N–H and O–H groups in total. The van der Waals surface area contributed by atoms with E-state index in [0.29, 0.717) is 17.3 Å². The van der Waals surface area contributed by atoms with Crippen LogP contribution in [0.4, 0.5) is 5.69 Å². The van der Waals surface area contributed by atoms with Gasteiger partial charge in [-0.15, -0.1) is 0 Å². The summed E-state index contributed by atoms with van der Waals surface area (Å²) < 4.78 is 33.4. The maximum absolute atomic E-state index is 13.4. The third-order valence-electron chi connectivity index (χ3n) is 5.19. The molecule has 174 valence electrons. The van der Waals surface area contributed by atoms with Crippen LogP contribution >= 0.6 is 11.6 Å². The van der Waals surface area contributed by atoms with Crippen molar-refractivity contribution in [1.82, 2.24) is 5.32 Å². The van der Waals surface area contributed by atoms with Gasteiger partial charge in [0.15, 0.2) is 0 Å². The van der Waals surface area contributed by atoms with Crippen molar-refractivity contribution < 1.29 is 17.9 Å². The number of rotatable bonds is 9. The highest BCUT2D eigenvalue weighted by atomic mass is 35.5. The average Bonchev–Trinajstić information content (AvgIpc) is 2.79. The number of aryl methyl sites for hydroxylation is 2. The van der Waals surface area contributed by atoms with Gasteiger partial charge in [0.25, 0.3) is 10.0 Å². The largest absolute Gasteiger partial charge is 0.494 e. The molecule has 0 aliphatic rings. The van der Waals surface area contributed by atoms with Crippen LogP contribution in [0.5, 0.6) is 5.75 Å². The van der Waals surface area contributed by atoms with Crippen LogP contribution in [0.2, 0.25) is 5.02 Å². The van der Waals surface area contributed by atoms with Gasteiger partial charge in [-0.25, -0.2) is 8.42 Å². The number of anilines is 1. The fraction of sp³-hybridized carbons (Fsp3) is 0.240. The second-order valence-electron chi connectivity index (χ2n) is 7.59. The van der Waals surface area contributed by atoms with E-state index in [-0.39, 0.29) is 18.0 Å². The second kappa shape index (κ2) is 10.7. The summed E-state index contributed by atoms with van der Waals surface area (Å²) in [5.74, 6) is 0.335. The molecule has 3 rings (SSSR count). The molecule has 3 aromatic rings. The van der Waals surface area contributed by atoms with Crippen LogP contribution in [0.1, 0.15) is 23.6 Å². The normalized spacial score (nSPS) is 11.2.